The van der Waals surface area contributed by atoms with Gasteiger partial charge in [0.05, 0.1) is 11.8 Å². The summed E-state index contributed by atoms with van der Waals surface area (Å²) in [6.45, 7) is 0.633. The molecule has 0 radical (unpaired) electrons. The Kier molecular flexibility index (Phi) is 3.46. The van der Waals surface area contributed by atoms with Crippen LogP contribution in [0.1, 0.15) is 19.3 Å². The van der Waals surface area contributed by atoms with Gasteiger partial charge in [0.2, 0.25) is 5.91 Å². The highest BCUT2D eigenvalue weighted by molar-refractivity contribution is 8.01. The zero-order valence-electron chi connectivity index (χ0n) is 11.0. The molecule has 1 amide bonds. The van der Waals surface area contributed by atoms with E-state index in [2.05, 4.69) is 17.4 Å². The molecule has 4 nitrogen and oxygen atoms in total. The molecule has 2 unspecified atom stereocenters. The number of carboxylic acid groups (broad SMARTS) is 1. The van der Waals surface area contributed by atoms with E-state index in [1.165, 1.54) is 4.90 Å². The molecule has 0 heterocycles. The van der Waals surface area contributed by atoms with E-state index in [9.17, 15) is 9.59 Å². The molecule has 106 valence electrons. The molecule has 3 rings (SSSR count). The number of rotatable bonds is 6. The van der Waals surface area contributed by atoms with Crippen LogP contribution in [0.4, 0.5) is 0 Å². The van der Waals surface area contributed by atoms with Crippen molar-refractivity contribution in [1.29, 1.82) is 0 Å². The van der Waals surface area contributed by atoms with Gasteiger partial charge in [0.25, 0.3) is 0 Å². The predicted octanol–water partition coefficient (Wildman–Crippen LogP) is 2.15. The molecule has 5 heteroatoms. The molecule has 2 aliphatic carbocycles. The molecular formula is C15H17NO3S. The molecule has 0 saturated heterocycles. The first-order valence-corrected chi connectivity index (χ1v) is 7.66. The van der Waals surface area contributed by atoms with Crippen molar-refractivity contribution in [2.45, 2.75) is 28.9 Å². The minimum atomic E-state index is -0.857. The van der Waals surface area contributed by atoms with Crippen molar-refractivity contribution in [1.82, 2.24) is 5.32 Å². The van der Waals surface area contributed by atoms with Crippen LogP contribution in [-0.4, -0.2) is 28.3 Å². The first-order chi connectivity index (χ1) is 9.60. The van der Waals surface area contributed by atoms with E-state index in [-0.39, 0.29) is 16.6 Å². The lowest BCUT2D eigenvalue weighted by atomic mass is 10.3. The van der Waals surface area contributed by atoms with Crippen LogP contribution in [0.15, 0.2) is 35.2 Å². The van der Waals surface area contributed by atoms with E-state index in [1.807, 2.05) is 30.0 Å². The molecule has 0 aliphatic heterocycles. The lowest BCUT2D eigenvalue weighted by molar-refractivity contribution is -0.140. The molecule has 1 aromatic rings. The molecule has 20 heavy (non-hydrogen) atoms. The number of carboxylic acids is 1. The Labute approximate surface area is 121 Å². The summed E-state index contributed by atoms with van der Waals surface area (Å²) >= 11 is 1.81. The largest absolute Gasteiger partial charge is 0.481 e. The van der Waals surface area contributed by atoms with Crippen LogP contribution in [-0.2, 0) is 9.59 Å². The summed E-state index contributed by atoms with van der Waals surface area (Å²) in [6.07, 6.45) is 2.68. The molecule has 2 atom stereocenters. The van der Waals surface area contributed by atoms with Gasteiger partial charge < -0.3 is 10.4 Å². The number of carbonyl (C=O) groups excluding carboxylic acids is 1. The normalized spacial score (nSPS) is 25.8. The molecule has 2 fully saturated rings. The standard InChI is InChI=1S/C15H17NO3S/c17-13(11-8-12(11)14(18)19)16-9-15(6-7-15)20-10-4-2-1-3-5-10/h1-5,11-12H,6-9H2,(H,16,17)(H,18,19). The Hall–Kier alpha value is -1.49. The predicted molar refractivity (Wildman–Crippen MR) is 76.5 cm³/mol. The third-order valence-electron chi connectivity index (χ3n) is 3.91. The summed E-state index contributed by atoms with van der Waals surface area (Å²) in [5.41, 5.74) is 0. The van der Waals surface area contributed by atoms with Crippen LogP contribution < -0.4 is 5.32 Å². The van der Waals surface area contributed by atoms with Crippen LogP contribution in [0.3, 0.4) is 0 Å². The van der Waals surface area contributed by atoms with E-state index in [0.29, 0.717) is 13.0 Å². The molecule has 2 saturated carbocycles. The van der Waals surface area contributed by atoms with E-state index < -0.39 is 11.9 Å². The first kappa shape index (κ1) is 13.5. The average Bonchev–Trinajstić information content (AvgIpc) is 3.32. The third-order valence-corrected chi connectivity index (χ3v) is 5.41. The summed E-state index contributed by atoms with van der Waals surface area (Å²) < 4.78 is 0.116. The lowest BCUT2D eigenvalue weighted by Gasteiger charge is -2.15. The molecule has 2 N–H and O–H groups in total. The van der Waals surface area contributed by atoms with Gasteiger partial charge in [-0.15, -0.1) is 11.8 Å². The maximum Gasteiger partial charge on any atom is 0.307 e. The van der Waals surface area contributed by atoms with Crippen molar-refractivity contribution in [2.24, 2.45) is 11.8 Å². The zero-order chi connectivity index (χ0) is 14.2. The molecule has 0 aromatic heterocycles. The topological polar surface area (TPSA) is 66.4 Å². The number of aliphatic carboxylic acids is 1. The third kappa shape index (κ3) is 2.98. The molecule has 0 bridgehead atoms. The van der Waals surface area contributed by atoms with E-state index in [0.717, 1.165) is 12.8 Å². The number of hydrogen-bond acceptors (Lipinski definition) is 3. The highest BCUT2D eigenvalue weighted by Gasteiger charge is 2.50. The van der Waals surface area contributed by atoms with Crippen molar-refractivity contribution in [3.05, 3.63) is 30.3 Å². The van der Waals surface area contributed by atoms with Gasteiger partial charge in [-0.2, -0.15) is 0 Å². The monoisotopic (exact) mass is 291 g/mol. The first-order valence-electron chi connectivity index (χ1n) is 6.84. The maximum absolute atomic E-state index is 11.9. The zero-order valence-corrected chi connectivity index (χ0v) is 11.9. The Balaban J connectivity index is 1.49. The summed E-state index contributed by atoms with van der Waals surface area (Å²) in [5.74, 6) is -1.74. The average molecular weight is 291 g/mol. The minimum absolute atomic E-state index is 0.0997. The second-order valence-corrected chi connectivity index (χ2v) is 7.14. The van der Waals surface area contributed by atoms with Crippen molar-refractivity contribution in [2.75, 3.05) is 6.54 Å². The molecule has 2 aliphatic rings. The van der Waals surface area contributed by atoms with Gasteiger partial charge in [-0.05, 0) is 31.4 Å². The van der Waals surface area contributed by atoms with Gasteiger partial charge >= 0.3 is 5.97 Å². The number of carbonyl (C=O) groups is 2. The quantitative estimate of drug-likeness (QED) is 0.843. The Morgan fingerprint density at radius 2 is 1.95 bits per heavy atom. The second kappa shape index (κ2) is 5.13. The summed E-state index contributed by atoms with van der Waals surface area (Å²) in [5, 5.41) is 11.8. The maximum atomic E-state index is 11.9. The van der Waals surface area contributed by atoms with Crippen LogP contribution >= 0.6 is 11.8 Å². The molecular weight excluding hydrogens is 274 g/mol. The van der Waals surface area contributed by atoms with Gasteiger partial charge in [0.1, 0.15) is 0 Å². The number of thioether (sulfide) groups is 1. The highest BCUT2D eigenvalue weighted by Crippen LogP contribution is 2.51. The number of amides is 1. The van der Waals surface area contributed by atoms with E-state index >= 15 is 0 Å². The number of hydrogen-bond donors (Lipinski definition) is 2. The molecule has 1 aromatic carbocycles. The van der Waals surface area contributed by atoms with E-state index in [1.54, 1.807) is 0 Å². The molecule has 0 spiro atoms. The van der Waals surface area contributed by atoms with E-state index in [4.69, 9.17) is 5.11 Å². The Morgan fingerprint density at radius 3 is 2.50 bits per heavy atom. The van der Waals surface area contributed by atoms with Crippen molar-refractivity contribution in [3.8, 4) is 0 Å². The Bertz CT molecular complexity index is 527. The minimum Gasteiger partial charge on any atom is -0.481 e. The summed E-state index contributed by atoms with van der Waals surface area (Å²) in [7, 11) is 0. The number of benzene rings is 1. The van der Waals surface area contributed by atoms with Gasteiger partial charge in [-0.3, -0.25) is 9.59 Å². The fraction of sp³-hybridized carbons (Fsp3) is 0.467. The van der Waals surface area contributed by atoms with Gasteiger partial charge in [-0.25, -0.2) is 0 Å². The van der Waals surface area contributed by atoms with Crippen LogP contribution in [0, 0.1) is 11.8 Å². The highest BCUT2D eigenvalue weighted by atomic mass is 32.2. The van der Waals surface area contributed by atoms with Crippen molar-refractivity contribution in [3.63, 3.8) is 0 Å². The van der Waals surface area contributed by atoms with Crippen molar-refractivity contribution < 1.29 is 14.7 Å². The second-order valence-electron chi connectivity index (χ2n) is 5.60. The van der Waals surface area contributed by atoms with Crippen LogP contribution in [0.5, 0.6) is 0 Å². The van der Waals surface area contributed by atoms with Gasteiger partial charge in [-0.1, -0.05) is 18.2 Å². The summed E-state index contributed by atoms with van der Waals surface area (Å²) in [4.78, 5) is 23.8. The fourth-order valence-electron chi connectivity index (χ4n) is 2.33. The van der Waals surface area contributed by atoms with Crippen molar-refractivity contribution >= 4 is 23.6 Å². The lowest BCUT2D eigenvalue weighted by Crippen LogP contribution is -2.33. The SMILES string of the molecule is O=C(O)C1CC1C(=O)NCC1(Sc2ccccc2)CC1. The smallest absolute Gasteiger partial charge is 0.307 e. The Morgan fingerprint density at radius 1 is 1.25 bits per heavy atom. The van der Waals surface area contributed by atoms with Gasteiger partial charge in [0, 0.05) is 16.2 Å². The van der Waals surface area contributed by atoms with Crippen LogP contribution in [0.2, 0.25) is 0 Å². The number of nitrogens with one attached hydrogen (secondary N) is 1. The summed E-state index contributed by atoms with van der Waals surface area (Å²) in [6, 6.07) is 10.2. The fourth-order valence-corrected chi connectivity index (χ4v) is 3.57. The van der Waals surface area contributed by atoms with Crippen LogP contribution in [0.25, 0.3) is 0 Å². The van der Waals surface area contributed by atoms with Gasteiger partial charge in [0.15, 0.2) is 0 Å².